The summed E-state index contributed by atoms with van der Waals surface area (Å²) < 4.78 is 0. The molecular weight excluding hydrogens is 398 g/mol. The number of rotatable bonds is 4. The van der Waals surface area contributed by atoms with Gasteiger partial charge in [0.05, 0.1) is 11.9 Å². The van der Waals surface area contributed by atoms with Crippen molar-refractivity contribution >= 4 is 11.7 Å². The Morgan fingerprint density at radius 2 is 1.81 bits per heavy atom. The summed E-state index contributed by atoms with van der Waals surface area (Å²) in [6.07, 6.45) is 15.2. The van der Waals surface area contributed by atoms with Crippen molar-refractivity contribution < 1.29 is 4.79 Å². The van der Waals surface area contributed by atoms with Gasteiger partial charge in [-0.05, 0) is 68.6 Å². The second-order valence-corrected chi connectivity index (χ2v) is 12.1. The molecule has 0 spiro atoms. The third-order valence-electron chi connectivity index (χ3n) is 10.5. The van der Waals surface area contributed by atoms with Gasteiger partial charge in [0.25, 0.3) is 0 Å². The fraction of sp³-hybridized carbons (Fsp3) is 0.923. The van der Waals surface area contributed by atoms with Crippen LogP contribution in [0.4, 0.5) is 0 Å². The van der Waals surface area contributed by atoms with E-state index in [2.05, 4.69) is 15.1 Å². The van der Waals surface area contributed by atoms with E-state index in [4.69, 9.17) is 11.1 Å². The van der Waals surface area contributed by atoms with E-state index in [0.717, 1.165) is 69.5 Å². The average Bonchev–Trinajstić information content (AvgIpc) is 3.53. The van der Waals surface area contributed by atoms with Gasteiger partial charge in [-0.25, -0.2) is 0 Å². The highest BCUT2D eigenvalue weighted by Crippen LogP contribution is 2.48. The maximum Gasteiger partial charge on any atom is 0.240 e. The van der Waals surface area contributed by atoms with Gasteiger partial charge in [0.1, 0.15) is 0 Å². The lowest BCUT2D eigenvalue weighted by atomic mass is 9.65. The number of hydrogen-bond acceptors (Lipinski definition) is 4. The maximum absolute atomic E-state index is 13.9. The summed E-state index contributed by atoms with van der Waals surface area (Å²) in [5.41, 5.74) is 5.98. The molecule has 9 unspecified atom stereocenters. The van der Waals surface area contributed by atoms with Crippen molar-refractivity contribution in [3.63, 3.8) is 0 Å². The second kappa shape index (κ2) is 8.57. The number of amides is 1. The standard InChI is InChI=1S/C26H43N5O/c27-25(28)18-9-8-17-10-24(26(32)30-15-20-12-21(30)13-29-20)31(23(17)11-18)14-19-6-3-5-16-4-1-2-7-22(16)19/h16-24,29H,1-15H2,(H3,27,28). The van der Waals surface area contributed by atoms with Gasteiger partial charge < -0.3 is 16.0 Å². The number of nitrogens with one attached hydrogen (secondary N) is 2. The second-order valence-electron chi connectivity index (χ2n) is 12.1. The quantitative estimate of drug-likeness (QED) is 0.462. The Bertz CT molecular complexity index is 740. The van der Waals surface area contributed by atoms with Crippen LogP contribution in [0.2, 0.25) is 0 Å². The highest BCUT2D eigenvalue weighted by molar-refractivity contribution is 5.83. The third-order valence-corrected chi connectivity index (χ3v) is 10.5. The van der Waals surface area contributed by atoms with E-state index in [0.29, 0.717) is 35.8 Å². The monoisotopic (exact) mass is 441 g/mol. The zero-order valence-corrected chi connectivity index (χ0v) is 19.7. The normalized spacial score (nSPS) is 46.1. The summed E-state index contributed by atoms with van der Waals surface area (Å²) in [6, 6.07) is 1.45. The molecule has 3 aliphatic heterocycles. The minimum absolute atomic E-state index is 0.0685. The lowest BCUT2D eigenvalue weighted by Gasteiger charge is -2.45. The van der Waals surface area contributed by atoms with Crippen LogP contribution >= 0.6 is 0 Å². The first-order chi connectivity index (χ1) is 15.6. The first kappa shape index (κ1) is 21.4. The summed E-state index contributed by atoms with van der Waals surface area (Å²) in [7, 11) is 0. The van der Waals surface area contributed by atoms with Crippen molar-refractivity contribution in [2.24, 2.45) is 35.3 Å². The molecule has 3 aliphatic carbocycles. The molecular formula is C26H43N5O. The van der Waals surface area contributed by atoms with Crippen LogP contribution < -0.4 is 11.1 Å². The molecule has 4 N–H and O–H groups in total. The number of piperazine rings is 1. The van der Waals surface area contributed by atoms with Gasteiger partial charge in [-0.1, -0.05) is 32.1 Å². The van der Waals surface area contributed by atoms with Crippen LogP contribution in [0.5, 0.6) is 0 Å². The molecule has 9 atom stereocenters. The van der Waals surface area contributed by atoms with Gasteiger partial charge in [0, 0.05) is 43.7 Å². The predicted octanol–water partition coefficient (Wildman–Crippen LogP) is 2.96. The molecule has 3 saturated carbocycles. The smallest absolute Gasteiger partial charge is 0.240 e. The van der Waals surface area contributed by atoms with Crippen LogP contribution in [0.3, 0.4) is 0 Å². The van der Waals surface area contributed by atoms with Crippen LogP contribution in [0.15, 0.2) is 0 Å². The molecule has 6 heteroatoms. The van der Waals surface area contributed by atoms with Gasteiger partial charge in [-0.2, -0.15) is 0 Å². The number of carbonyl (C=O) groups is 1. The summed E-state index contributed by atoms with van der Waals surface area (Å²) in [4.78, 5) is 18.8. The van der Waals surface area contributed by atoms with E-state index in [1.165, 1.54) is 44.9 Å². The van der Waals surface area contributed by atoms with E-state index in [1.54, 1.807) is 0 Å². The molecule has 3 saturated heterocycles. The average molecular weight is 442 g/mol. The van der Waals surface area contributed by atoms with Crippen LogP contribution in [0.25, 0.3) is 0 Å². The lowest BCUT2D eigenvalue weighted by Crippen LogP contribution is -2.55. The highest BCUT2D eigenvalue weighted by atomic mass is 16.2. The van der Waals surface area contributed by atoms with Gasteiger partial charge in [-0.3, -0.25) is 15.1 Å². The van der Waals surface area contributed by atoms with Crippen LogP contribution in [-0.4, -0.2) is 65.3 Å². The zero-order valence-electron chi connectivity index (χ0n) is 19.7. The molecule has 6 aliphatic rings. The van der Waals surface area contributed by atoms with Gasteiger partial charge in [0.2, 0.25) is 5.91 Å². The van der Waals surface area contributed by atoms with Crippen LogP contribution in [0.1, 0.15) is 77.0 Å². The van der Waals surface area contributed by atoms with Gasteiger partial charge in [0.15, 0.2) is 0 Å². The Balaban J connectivity index is 1.24. The van der Waals surface area contributed by atoms with E-state index in [1.807, 2.05) is 0 Å². The topological polar surface area (TPSA) is 85.4 Å². The Hall–Kier alpha value is -1.14. The minimum atomic E-state index is 0.0685. The largest absolute Gasteiger partial charge is 0.387 e. The van der Waals surface area contributed by atoms with Crippen molar-refractivity contribution in [1.29, 1.82) is 5.41 Å². The van der Waals surface area contributed by atoms with E-state index < -0.39 is 0 Å². The van der Waals surface area contributed by atoms with Gasteiger partial charge in [-0.15, -0.1) is 0 Å². The van der Waals surface area contributed by atoms with Gasteiger partial charge >= 0.3 is 0 Å². The fourth-order valence-corrected chi connectivity index (χ4v) is 8.92. The predicted molar refractivity (Wildman–Crippen MR) is 126 cm³/mol. The number of hydrogen-bond donors (Lipinski definition) is 3. The Kier molecular flexibility index (Phi) is 5.73. The molecule has 0 aromatic carbocycles. The highest BCUT2D eigenvalue weighted by Gasteiger charge is 2.52. The first-order valence-electron chi connectivity index (χ1n) is 13.7. The number of fused-ring (bicyclic) bond motifs is 4. The number of amidine groups is 1. The van der Waals surface area contributed by atoms with Crippen molar-refractivity contribution in [2.45, 2.75) is 101 Å². The number of likely N-dealkylation sites (tertiary alicyclic amines) is 2. The molecule has 6 nitrogen and oxygen atoms in total. The lowest BCUT2D eigenvalue weighted by molar-refractivity contribution is -0.138. The van der Waals surface area contributed by atoms with Crippen molar-refractivity contribution in [3.05, 3.63) is 0 Å². The molecule has 178 valence electrons. The summed E-state index contributed by atoms with van der Waals surface area (Å²) in [5.74, 6) is 4.20. The molecule has 6 rings (SSSR count). The summed E-state index contributed by atoms with van der Waals surface area (Å²) in [6.45, 7) is 3.01. The fourth-order valence-electron chi connectivity index (χ4n) is 8.92. The summed E-state index contributed by atoms with van der Waals surface area (Å²) >= 11 is 0. The van der Waals surface area contributed by atoms with Crippen LogP contribution in [0, 0.1) is 35.0 Å². The number of carbonyl (C=O) groups excluding carboxylic acids is 1. The molecule has 32 heavy (non-hydrogen) atoms. The van der Waals surface area contributed by atoms with E-state index in [-0.39, 0.29) is 12.0 Å². The number of nitrogens with zero attached hydrogens (tertiary/aromatic N) is 2. The van der Waals surface area contributed by atoms with Crippen molar-refractivity contribution in [2.75, 3.05) is 19.6 Å². The molecule has 0 radical (unpaired) electrons. The Labute approximate surface area is 193 Å². The molecule has 0 aromatic heterocycles. The minimum Gasteiger partial charge on any atom is -0.387 e. The molecule has 1 amide bonds. The Morgan fingerprint density at radius 3 is 2.59 bits per heavy atom. The number of nitrogens with two attached hydrogens (primary N) is 1. The molecule has 6 fully saturated rings. The maximum atomic E-state index is 13.9. The van der Waals surface area contributed by atoms with E-state index in [9.17, 15) is 4.79 Å². The zero-order chi connectivity index (χ0) is 21.8. The Morgan fingerprint density at radius 1 is 0.969 bits per heavy atom. The molecule has 2 bridgehead atoms. The molecule has 0 aromatic rings. The SMILES string of the molecule is N=C(N)C1CCC2CC(C(=O)N3CC4CC3CN4)N(CC3CCCC4CCCCC43)C2C1. The van der Waals surface area contributed by atoms with E-state index >= 15 is 0 Å². The van der Waals surface area contributed by atoms with Crippen LogP contribution in [-0.2, 0) is 4.79 Å². The van der Waals surface area contributed by atoms with Crippen molar-refractivity contribution in [3.8, 4) is 0 Å². The third kappa shape index (κ3) is 3.70. The summed E-state index contributed by atoms with van der Waals surface area (Å²) in [5, 5.41) is 11.6. The van der Waals surface area contributed by atoms with Crippen molar-refractivity contribution in [1.82, 2.24) is 15.1 Å². The molecule has 3 heterocycles. The first-order valence-corrected chi connectivity index (χ1v) is 13.7.